The summed E-state index contributed by atoms with van der Waals surface area (Å²) in [6, 6.07) is 17.8. The van der Waals surface area contributed by atoms with Gasteiger partial charge in [0, 0.05) is 51.0 Å². The molecule has 9 heteroatoms. The van der Waals surface area contributed by atoms with Crippen LogP contribution in [0.1, 0.15) is 51.2 Å². The topological polar surface area (TPSA) is 91.3 Å². The normalized spacial score (nSPS) is 18.5. The monoisotopic (exact) mass is 561 g/mol. The Kier molecular flexibility index (Phi) is 9.59. The van der Waals surface area contributed by atoms with E-state index in [-0.39, 0.29) is 23.7 Å². The van der Waals surface area contributed by atoms with Gasteiger partial charge < -0.3 is 33.7 Å². The van der Waals surface area contributed by atoms with Crippen LogP contribution in [0.4, 0.5) is 0 Å². The van der Waals surface area contributed by atoms with Crippen LogP contribution in [0.5, 0.6) is 11.5 Å². The third-order valence-corrected chi connectivity index (χ3v) is 7.86. The number of amides is 1. The highest BCUT2D eigenvalue weighted by atomic mass is 16.5. The molecule has 1 saturated heterocycles. The van der Waals surface area contributed by atoms with E-state index in [1.54, 1.807) is 13.2 Å². The minimum Gasteiger partial charge on any atom is -0.493 e. The Hall–Kier alpha value is -3.82. The largest absolute Gasteiger partial charge is 0.493 e. The van der Waals surface area contributed by atoms with Gasteiger partial charge in [0.1, 0.15) is 23.8 Å². The van der Waals surface area contributed by atoms with Gasteiger partial charge in [-0.1, -0.05) is 18.2 Å². The fourth-order valence-corrected chi connectivity index (χ4v) is 5.73. The zero-order valence-corrected chi connectivity index (χ0v) is 23.8. The predicted octanol–water partition coefficient (Wildman–Crippen LogP) is 4.12. The van der Waals surface area contributed by atoms with Gasteiger partial charge >= 0.3 is 5.97 Å². The van der Waals surface area contributed by atoms with E-state index in [1.165, 1.54) is 5.56 Å². The zero-order chi connectivity index (χ0) is 28.6. The number of carbonyl (C=O) groups is 2. The van der Waals surface area contributed by atoms with Gasteiger partial charge in [0.15, 0.2) is 0 Å². The van der Waals surface area contributed by atoms with Crippen molar-refractivity contribution in [1.82, 2.24) is 14.8 Å². The number of likely N-dealkylation sites (tertiary alicyclic amines) is 1. The third-order valence-electron chi connectivity index (χ3n) is 7.86. The molecule has 9 nitrogen and oxygen atoms in total. The molecule has 3 aromatic rings. The van der Waals surface area contributed by atoms with Gasteiger partial charge in [-0.05, 0) is 73.3 Å². The molecule has 0 aliphatic carbocycles. The molecule has 2 aromatic carbocycles. The van der Waals surface area contributed by atoms with Crippen LogP contribution >= 0.6 is 0 Å². The second-order valence-electron chi connectivity index (χ2n) is 10.5. The molecule has 5 rings (SSSR count). The maximum absolute atomic E-state index is 12.3. The predicted molar refractivity (Wildman–Crippen MR) is 155 cm³/mol. The molecule has 218 valence electrons. The van der Waals surface area contributed by atoms with Crippen molar-refractivity contribution in [2.24, 2.45) is 5.92 Å². The summed E-state index contributed by atoms with van der Waals surface area (Å²) in [4.78, 5) is 27.0. The van der Waals surface area contributed by atoms with Crippen molar-refractivity contribution in [2.45, 2.75) is 32.4 Å². The third kappa shape index (κ3) is 7.10. The number of hydrogen-bond donors (Lipinski definition) is 1. The van der Waals surface area contributed by atoms with Crippen LogP contribution in [-0.2, 0) is 22.6 Å². The number of methoxy groups -OCH3 is 1. The highest BCUT2D eigenvalue weighted by Gasteiger charge is 2.31. The number of hydrogen-bond acceptors (Lipinski definition) is 7. The summed E-state index contributed by atoms with van der Waals surface area (Å²) in [5.41, 5.74) is 3.50. The quantitative estimate of drug-likeness (QED) is 0.248. The SMILES string of the molecule is CCOC(=O)c1cccn1CCN1CC[C@@H](c2cccc(OCCOC)c2)[C@H](COc2ccc3c(c2)C(=O)NC3)C1. The van der Waals surface area contributed by atoms with E-state index in [9.17, 15) is 9.59 Å². The number of esters is 1. The fraction of sp³-hybridized carbons (Fsp3) is 0.438. The average molecular weight is 562 g/mol. The molecule has 0 bridgehead atoms. The number of nitrogens with one attached hydrogen (secondary N) is 1. The lowest BCUT2D eigenvalue weighted by atomic mass is 9.80. The molecule has 0 saturated carbocycles. The number of nitrogens with zero attached hydrogens (tertiary/aromatic N) is 2. The minimum atomic E-state index is -0.293. The van der Waals surface area contributed by atoms with E-state index in [2.05, 4.69) is 22.3 Å². The van der Waals surface area contributed by atoms with Crippen LogP contribution in [0, 0.1) is 5.92 Å². The summed E-state index contributed by atoms with van der Waals surface area (Å²) in [7, 11) is 1.67. The van der Waals surface area contributed by atoms with Crippen LogP contribution in [0.25, 0.3) is 0 Å². The second kappa shape index (κ2) is 13.7. The zero-order valence-electron chi connectivity index (χ0n) is 23.8. The molecule has 0 spiro atoms. The lowest BCUT2D eigenvalue weighted by molar-refractivity contribution is 0.0511. The minimum absolute atomic E-state index is 0.0512. The summed E-state index contributed by atoms with van der Waals surface area (Å²) in [5.74, 6) is 1.71. The van der Waals surface area contributed by atoms with Gasteiger partial charge in [0.2, 0.25) is 0 Å². The van der Waals surface area contributed by atoms with Gasteiger partial charge in [-0.2, -0.15) is 0 Å². The van der Waals surface area contributed by atoms with Crippen molar-refractivity contribution in [3.05, 3.63) is 83.2 Å². The number of piperidine rings is 1. The Labute approximate surface area is 241 Å². The van der Waals surface area contributed by atoms with Crippen molar-refractivity contribution < 1.29 is 28.5 Å². The van der Waals surface area contributed by atoms with Gasteiger partial charge in [-0.15, -0.1) is 0 Å². The van der Waals surface area contributed by atoms with Crippen LogP contribution in [-0.4, -0.2) is 74.5 Å². The summed E-state index contributed by atoms with van der Waals surface area (Å²) < 4.78 is 24.5. The van der Waals surface area contributed by atoms with Crippen molar-refractivity contribution in [3.8, 4) is 11.5 Å². The molecule has 2 aliphatic rings. The molecule has 1 aromatic heterocycles. The number of ether oxygens (including phenoxy) is 4. The van der Waals surface area contributed by atoms with E-state index in [0.717, 1.165) is 37.4 Å². The van der Waals surface area contributed by atoms with Gasteiger partial charge in [0.25, 0.3) is 5.91 Å². The van der Waals surface area contributed by atoms with Crippen molar-refractivity contribution in [1.29, 1.82) is 0 Å². The van der Waals surface area contributed by atoms with Crippen molar-refractivity contribution >= 4 is 11.9 Å². The molecular formula is C32H39N3O6. The fourth-order valence-electron chi connectivity index (χ4n) is 5.73. The summed E-state index contributed by atoms with van der Waals surface area (Å²) in [6.07, 6.45) is 2.90. The Balaban J connectivity index is 1.29. The first kappa shape index (κ1) is 28.7. The van der Waals surface area contributed by atoms with Crippen LogP contribution in [0.2, 0.25) is 0 Å². The van der Waals surface area contributed by atoms with Crippen molar-refractivity contribution in [3.63, 3.8) is 0 Å². The summed E-state index contributed by atoms with van der Waals surface area (Å²) in [6.45, 7) is 7.59. The van der Waals surface area contributed by atoms with Gasteiger partial charge in [0.05, 0.1) is 19.8 Å². The van der Waals surface area contributed by atoms with E-state index in [1.807, 2.05) is 54.1 Å². The van der Waals surface area contributed by atoms with E-state index in [0.29, 0.717) is 56.5 Å². The lowest BCUT2D eigenvalue weighted by Crippen LogP contribution is -2.43. The first-order chi connectivity index (χ1) is 20.1. The maximum Gasteiger partial charge on any atom is 0.354 e. The maximum atomic E-state index is 12.3. The van der Waals surface area contributed by atoms with Crippen LogP contribution in [0.15, 0.2) is 60.8 Å². The molecule has 41 heavy (non-hydrogen) atoms. The number of fused-ring (bicyclic) bond motifs is 1. The van der Waals surface area contributed by atoms with Crippen LogP contribution < -0.4 is 14.8 Å². The lowest BCUT2D eigenvalue weighted by Gasteiger charge is -2.39. The van der Waals surface area contributed by atoms with Gasteiger partial charge in [-0.25, -0.2) is 4.79 Å². The van der Waals surface area contributed by atoms with E-state index >= 15 is 0 Å². The average Bonchev–Trinajstić information content (AvgIpc) is 3.62. The molecule has 2 atom stereocenters. The number of rotatable bonds is 13. The molecule has 2 aliphatic heterocycles. The molecule has 0 unspecified atom stereocenters. The highest BCUT2D eigenvalue weighted by Crippen LogP contribution is 2.35. The smallest absolute Gasteiger partial charge is 0.354 e. The second-order valence-corrected chi connectivity index (χ2v) is 10.5. The standard InChI is InChI=1S/C32H39N3O6/c1-3-39-32(37)30-8-5-12-35(30)15-14-34-13-11-28(23-6-4-7-26(18-23)40-17-16-38-2)25(21-34)22-41-27-10-9-24-20-33-31(36)29(24)19-27/h4-10,12,18-19,25,28H,3,11,13-17,20-22H2,1-2H3,(H,33,36)/t25-,28-/m0/s1. The number of aromatic nitrogens is 1. The molecule has 1 N–H and O–H groups in total. The summed E-state index contributed by atoms with van der Waals surface area (Å²) in [5, 5.41) is 2.87. The summed E-state index contributed by atoms with van der Waals surface area (Å²) >= 11 is 0. The Morgan fingerprint density at radius 1 is 1.02 bits per heavy atom. The molecule has 0 radical (unpaired) electrons. The Morgan fingerprint density at radius 2 is 1.90 bits per heavy atom. The highest BCUT2D eigenvalue weighted by molar-refractivity contribution is 5.98. The van der Waals surface area contributed by atoms with Crippen LogP contribution in [0.3, 0.4) is 0 Å². The molecular weight excluding hydrogens is 522 g/mol. The number of benzene rings is 2. The first-order valence-electron chi connectivity index (χ1n) is 14.4. The first-order valence-corrected chi connectivity index (χ1v) is 14.4. The Morgan fingerprint density at radius 3 is 2.76 bits per heavy atom. The van der Waals surface area contributed by atoms with Gasteiger partial charge in [-0.3, -0.25) is 4.79 Å². The van der Waals surface area contributed by atoms with E-state index in [4.69, 9.17) is 18.9 Å². The Bertz CT molecular complexity index is 1340. The molecule has 1 amide bonds. The van der Waals surface area contributed by atoms with E-state index < -0.39 is 0 Å². The van der Waals surface area contributed by atoms with Crippen molar-refractivity contribution in [2.75, 3.05) is 53.2 Å². The number of carbonyl (C=O) groups excluding carboxylic acids is 2. The molecule has 1 fully saturated rings. The molecule has 3 heterocycles.